The van der Waals surface area contributed by atoms with Gasteiger partial charge in [-0.3, -0.25) is 9.36 Å². The number of H-pyrrole nitrogens is 1. The van der Waals surface area contributed by atoms with Crippen LogP contribution in [0.4, 0.5) is 0 Å². The van der Waals surface area contributed by atoms with Crippen molar-refractivity contribution >= 4 is 33.8 Å². The Bertz CT molecular complexity index is 896. The second-order valence-electron chi connectivity index (χ2n) is 4.87. The van der Waals surface area contributed by atoms with Gasteiger partial charge in [0.2, 0.25) is 0 Å². The van der Waals surface area contributed by atoms with Crippen LogP contribution in [-0.4, -0.2) is 9.55 Å². The van der Waals surface area contributed by atoms with E-state index in [-0.39, 0.29) is 5.56 Å². The van der Waals surface area contributed by atoms with E-state index in [1.807, 2.05) is 17.5 Å². The quantitative estimate of drug-likeness (QED) is 0.734. The molecule has 0 unspecified atom stereocenters. The summed E-state index contributed by atoms with van der Waals surface area (Å²) in [6, 6.07) is 8.02. The molecule has 1 N–H and O–H groups in total. The lowest BCUT2D eigenvalue weighted by atomic mass is 10.0. The van der Waals surface area contributed by atoms with Crippen LogP contribution in [0.15, 0.2) is 34.4 Å². The number of aromatic nitrogens is 2. The first-order chi connectivity index (χ1) is 10.2. The number of thiophene rings is 1. The highest BCUT2D eigenvalue weighted by atomic mass is 32.1. The fraction of sp³-hybridized carbons (Fsp3) is 0.250. The van der Waals surface area contributed by atoms with E-state index < -0.39 is 0 Å². The molecule has 0 amide bonds. The van der Waals surface area contributed by atoms with E-state index in [2.05, 4.69) is 31.0 Å². The number of rotatable bonds is 3. The molecule has 2 heterocycles. The maximum Gasteiger partial charge on any atom is 0.267 e. The summed E-state index contributed by atoms with van der Waals surface area (Å²) in [5, 5.41) is 2.61. The number of hydrogen-bond donors (Lipinski definition) is 1. The number of aryl methyl sites for hydroxylation is 2. The molecule has 0 bridgehead atoms. The Labute approximate surface area is 131 Å². The minimum atomic E-state index is -0.0365. The van der Waals surface area contributed by atoms with Crippen LogP contribution in [0.5, 0.6) is 0 Å². The van der Waals surface area contributed by atoms with E-state index in [4.69, 9.17) is 12.2 Å². The van der Waals surface area contributed by atoms with Crippen LogP contribution in [0.1, 0.15) is 25.0 Å². The van der Waals surface area contributed by atoms with E-state index in [0.29, 0.717) is 10.2 Å². The first-order valence-corrected chi connectivity index (χ1v) is 8.29. The normalized spacial score (nSPS) is 11.1. The third kappa shape index (κ3) is 2.26. The van der Waals surface area contributed by atoms with Crippen molar-refractivity contribution in [3.05, 3.63) is 55.9 Å². The molecule has 108 valence electrons. The van der Waals surface area contributed by atoms with Gasteiger partial charge in [0.15, 0.2) is 4.77 Å². The van der Waals surface area contributed by atoms with Gasteiger partial charge in [0.1, 0.15) is 4.83 Å². The zero-order valence-corrected chi connectivity index (χ0v) is 13.6. The van der Waals surface area contributed by atoms with Crippen molar-refractivity contribution in [1.29, 1.82) is 0 Å². The lowest BCUT2D eigenvalue weighted by Gasteiger charge is -2.15. The summed E-state index contributed by atoms with van der Waals surface area (Å²) >= 11 is 6.95. The third-order valence-corrected chi connectivity index (χ3v) is 4.83. The van der Waals surface area contributed by atoms with Crippen LogP contribution in [0.2, 0.25) is 0 Å². The number of aromatic amines is 1. The van der Waals surface area contributed by atoms with Gasteiger partial charge >= 0.3 is 0 Å². The molecule has 0 aliphatic carbocycles. The number of para-hydroxylation sites is 1. The topological polar surface area (TPSA) is 37.8 Å². The maximum absolute atomic E-state index is 12.8. The summed E-state index contributed by atoms with van der Waals surface area (Å²) < 4.78 is 2.12. The smallest absolute Gasteiger partial charge is 0.267 e. The van der Waals surface area contributed by atoms with E-state index >= 15 is 0 Å². The molecule has 1 aromatic carbocycles. The average Bonchev–Trinajstić information content (AvgIpc) is 2.95. The number of benzene rings is 1. The summed E-state index contributed by atoms with van der Waals surface area (Å²) in [5.41, 5.74) is 3.20. The Balaban J connectivity index is 2.46. The van der Waals surface area contributed by atoms with E-state index in [9.17, 15) is 4.79 Å². The summed E-state index contributed by atoms with van der Waals surface area (Å²) in [6.45, 7) is 4.19. The largest absolute Gasteiger partial charge is 0.323 e. The van der Waals surface area contributed by atoms with Crippen molar-refractivity contribution in [3.8, 4) is 5.69 Å². The number of fused-ring (bicyclic) bond motifs is 1. The number of nitrogens with one attached hydrogen (secondary N) is 1. The van der Waals surface area contributed by atoms with Crippen LogP contribution in [0.3, 0.4) is 0 Å². The van der Waals surface area contributed by atoms with E-state index in [1.165, 1.54) is 11.3 Å². The van der Waals surface area contributed by atoms with E-state index in [0.717, 1.165) is 34.5 Å². The first kappa shape index (κ1) is 14.2. The zero-order chi connectivity index (χ0) is 15.0. The summed E-state index contributed by atoms with van der Waals surface area (Å²) in [4.78, 5) is 16.8. The highest BCUT2D eigenvalue weighted by Gasteiger charge is 2.14. The Hall–Kier alpha value is -1.72. The van der Waals surface area contributed by atoms with Crippen molar-refractivity contribution < 1.29 is 0 Å². The molecule has 2 aromatic heterocycles. The van der Waals surface area contributed by atoms with Gasteiger partial charge < -0.3 is 4.98 Å². The van der Waals surface area contributed by atoms with Crippen LogP contribution in [0, 0.1) is 4.77 Å². The predicted octanol–water partition coefficient (Wildman–Crippen LogP) is 4.23. The second kappa shape index (κ2) is 5.58. The molecule has 0 aliphatic heterocycles. The molecule has 0 aliphatic rings. The van der Waals surface area contributed by atoms with Gasteiger partial charge in [-0.15, -0.1) is 11.3 Å². The van der Waals surface area contributed by atoms with Crippen molar-refractivity contribution in [2.24, 2.45) is 0 Å². The Morgan fingerprint density at radius 2 is 1.86 bits per heavy atom. The maximum atomic E-state index is 12.8. The van der Waals surface area contributed by atoms with Crippen LogP contribution in [-0.2, 0) is 12.8 Å². The zero-order valence-electron chi connectivity index (χ0n) is 12.0. The molecular formula is C16H16N2OS2. The van der Waals surface area contributed by atoms with Crippen molar-refractivity contribution in [2.75, 3.05) is 0 Å². The van der Waals surface area contributed by atoms with Crippen molar-refractivity contribution in [1.82, 2.24) is 9.55 Å². The minimum Gasteiger partial charge on any atom is -0.323 e. The Morgan fingerprint density at radius 1 is 1.19 bits per heavy atom. The molecule has 0 saturated heterocycles. The molecule has 0 spiro atoms. The fourth-order valence-electron chi connectivity index (χ4n) is 2.65. The highest BCUT2D eigenvalue weighted by molar-refractivity contribution is 7.71. The predicted molar refractivity (Wildman–Crippen MR) is 91.4 cm³/mol. The second-order valence-corrected chi connectivity index (χ2v) is 6.17. The molecule has 3 nitrogen and oxygen atoms in total. The molecule has 0 saturated carbocycles. The molecule has 0 radical (unpaired) electrons. The molecule has 3 aromatic rings. The Morgan fingerprint density at radius 3 is 2.48 bits per heavy atom. The monoisotopic (exact) mass is 316 g/mol. The lowest BCUT2D eigenvalue weighted by molar-refractivity contribution is 0.895. The van der Waals surface area contributed by atoms with Crippen molar-refractivity contribution in [3.63, 3.8) is 0 Å². The molecule has 5 heteroatoms. The van der Waals surface area contributed by atoms with Crippen LogP contribution < -0.4 is 5.56 Å². The number of hydrogen-bond acceptors (Lipinski definition) is 3. The van der Waals surface area contributed by atoms with Gasteiger partial charge in [-0.1, -0.05) is 32.0 Å². The third-order valence-electron chi connectivity index (χ3n) is 3.71. The number of nitrogens with zero attached hydrogens (tertiary/aromatic N) is 1. The first-order valence-electron chi connectivity index (χ1n) is 7.01. The van der Waals surface area contributed by atoms with Gasteiger partial charge in [0.05, 0.1) is 11.1 Å². The lowest BCUT2D eigenvalue weighted by Crippen LogP contribution is -2.22. The molecule has 21 heavy (non-hydrogen) atoms. The molecule has 0 atom stereocenters. The summed E-state index contributed by atoms with van der Waals surface area (Å²) in [7, 11) is 0. The van der Waals surface area contributed by atoms with Gasteiger partial charge in [-0.25, -0.2) is 0 Å². The van der Waals surface area contributed by atoms with Gasteiger partial charge in [0.25, 0.3) is 5.56 Å². The van der Waals surface area contributed by atoms with Gasteiger partial charge in [-0.05, 0) is 47.6 Å². The Kier molecular flexibility index (Phi) is 3.78. The summed E-state index contributed by atoms with van der Waals surface area (Å²) in [6.07, 6.45) is 1.73. The van der Waals surface area contributed by atoms with Crippen molar-refractivity contribution in [2.45, 2.75) is 26.7 Å². The van der Waals surface area contributed by atoms with Crippen LogP contribution >= 0.6 is 23.6 Å². The van der Waals surface area contributed by atoms with Gasteiger partial charge in [-0.2, -0.15) is 0 Å². The van der Waals surface area contributed by atoms with Gasteiger partial charge in [0, 0.05) is 0 Å². The average molecular weight is 316 g/mol. The standard InChI is InChI=1S/C16H16N2OS2/c1-3-10-6-5-7-11(4-2)13(10)18-15(19)12-8-9-21-14(12)17-16(18)20/h5-9H,3-4H2,1-2H3,(H,17,20). The van der Waals surface area contributed by atoms with E-state index in [1.54, 1.807) is 4.57 Å². The summed E-state index contributed by atoms with van der Waals surface area (Å²) in [5.74, 6) is 0. The minimum absolute atomic E-state index is 0.0365. The van der Waals surface area contributed by atoms with Crippen LogP contribution in [0.25, 0.3) is 15.9 Å². The SMILES string of the molecule is CCc1cccc(CC)c1-n1c(=S)[nH]c2sccc2c1=O. The molecular weight excluding hydrogens is 300 g/mol. The molecule has 3 rings (SSSR count). The highest BCUT2D eigenvalue weighted by Crippen LogP contribution is 2.22. The fourth-order valence-corrected chi connectivity index (χ4v) is 3.76. The molecule has 0 fully saturated rings.